The Morgan fingerprint density at radius 1 is 0.652 bits per heavy atom. The zero-order valence-corrected chi connectivity index (χ0v) is 28.8. The van der Waals surface area contributed by atoms with Crippen LogP contribution in [0.4, 0.5) is 0 Å². The molecule has 0 aliphatic rings. The molecule has 3 rings (SSSR count). The van der Waals surface area contributed by atoms with Crippen LogP contribution in [0.15, 0.2) is 92.0 Å². The van der Waals surface area contributed by atoms with E-state index in [-0.39, 0.29) is 22.8 Å². The second-order valence-corrected chi connectivity index (χ2v) is 7.68. The fourth-order valence-corrected chi connectivity index (χ4v) is 2.87. The monoisotopic (exact) mass is 656 g/mol. The van der Waals surface area contributed by atoms with Crippen molar-refractivity contribution in [2.45, 2.75) is 41.5 Å². The second-order valence-electron chi connectivity index (χ2n) is 7.27. The van der Waals surface area contributed by atoms with Crippen LogP contribution in [0.2, 0.25) is 5.02 Å². The molecule has 0 fully saturated rings. The Labute approximate surface area is 277 Å². The van der Waals surface area contributed by atoms with Crippen LogP contribution in [-0.4, -0.2) is 51.1 Å². The van der Waals surface area contributed by atoms with Gasteiger partial charge in [0, 0.05) is 17.2 Å². The van der Waals surface area contributed by atoms with Gasteiger partial charge in [-0.2, -0.15) is 0 Å². The number of hydrogen-bond acceptors (Lipinski definition) is 9. The Bertz CT molecular complexity index is 1340. The van der Waals surface area contributed by atoms with E-state index < -0.39 is 17.7 Å². The molecule has 0 aliphatic heterocycles. The molecule has 250 valence electrons. The minimum Gasteiger partial charge on any atom is -0.497 e. The summed E-state index contributed by atoms with van der Waals surface area (Å²) in [4.78, 5) is 53.7. The van der Waals surface area contributed by atoms with Gasteiger partial charge in [0.15, 0.2) is 12.1 Å². The van der Waals surface area contributed by atoms with E-state index in [4.69, 9.17) is 25.8 Å². The quantitative estimate of drug-likeness (QED) is 0.0560. The molecule has 0 atom stereocenters. The van der Waals surface area contributed by atoms with Gasteiger partial charge in [0.25, 0.3) is 0 Å². The molecule has 46 heavy (non-hydrogen) atoms. The molecule has 0 radical (unpaired) electrons. The van der Waals surface area contributed by atoms with Crippen LogP contribution in [-0.2, 0) is 19.1 Å². The Kier molecular flexibility index (Phi) is 28.4. The molecule has 0 saturated heterocycles. The van der Waals surface area contributed by atoms with E-state index >= 15 is 0 Å². The zero-order chi connectivity index (χ0) is 36.1. The van der Waals surface area contributed by atoms with Crippen molar-refractivity contribution in [3.8, 4) is 17.2 Å². The molecule has 0 amide bonds. The number of methoxy groups -OCH3 is 3. The molecule has 0 aromatic heterocycles. The minimum atomic E-state index is -0.574. The van der Waals surface area contributed by atoms with Crippen LogP contribution >= 0.6 is 11.6 Å². The average Bonchev–Trinajstić information content (AvgIpc) is 3.14. The van der Waals surface area contributed by atoms with Crippen molar-refractivity contribution in [3.63, 3.8) is 0 Å². The molecule has 3 aromatic rings. The molecule has 0 saturated carbocycles. The Hall–Kier alpha value is -5.02. The van der Waals surface area contributed by atoms with Crippen LogP contribution in [0, 0.1) is 0 Å². The van der Waals surface area contributed by atoms with Gasteiger partial charge in [-0.1, -0.05) is 66.3 Å². The number of ketones is 2. The van der Waals surface area contributed by atoms with E-state index in [1.807, 2.05) is 41.5 Å². The van der Waals surface area contributed by atoms with Crippen LogP contribution in [0.1, 0.15) is 67.8 Å². The smallest absolute Gasteiger partial charge is 0.343 e. The lowest BCUT2D eigenvalue weighted by Gasteiger charge is -2.09. The summed E-state index contributed by atoms with van der Waals surface area (Å²) in [6, 6.07) is 17.8. The first-order chi connectivity index (χ1) is 22.1. The molecule has 0 spiro atoms. The summed E-state index contributed by atoms with van der Waals surface area (Å²) in [5, 5.41) is 0.168. The number of allylic oxidation sites excluding steroid dienone is 1. The summed E-state index contributed by atoms with van der Waals surface area (Å²) >= 11 is 6.22. The molecule has 0 heterocycles. The first-order valence-corrected chi connectivity index (χ1v) is 14.7. The summed E-state index contributed by atoms with van der Waals surface area (Å²) < 4.78 is 19.6. The fourth-order valence-electron chi connectivity index (χ4n) is 2.65. The van der Waals surface area contributed by atoms with Crippen LogP contribution in [0.25, 0.3) is 0 Å². The van der Waals surface area contributed by atoms with Gasteiger partial charge in [-0.3, -0.25) is 14.4 Å². The van der Waals surface area contributed by atoms with Crippen molar-refractivity contribution in [1.82, 2.24) is 0 Å². The summed E-state index contributed by atoms with van der Waals surface area (Å²) in [5.74, 6) is -0.249. The van der Waals surface area contributed by atoms with Crippen LogP contribution in [0.3, 0.4) is 0 Å². The predicted molar refractivity (Wildman–Crippen MR) is 183 cm³/mol. The normalized spacial score (nSPS) is 8.39. The largest absolute Gasteiger partial charge is 0.497 e. The number of ether oxygens (including phenoxy) is 4. The molecular weight excluding hydrogens is 612 g/mol. The molecule has 0 bridgehead atoms. The van der Waals surface area contributed by atoms with Gasteiger partial charge < -0.3 is 18.9 Å². The van der Waals surface area contributed by atoms with Crippen LogP contribution < -0.4 is 14.2 Å². The maximum Gasteiger partial charge on any atom is 0.343 e. The lowest BCUT2D eigenvalue weighted by atomic mass is 10.0. The van der Waals surface area contributed by atoms with Gasteiger partial charge in [0.05, 0.1) is 31.9 Å². The van der Waals surface area contributed by atoms with Crippen molar-refractivity contribution in [1.29, 1.82) is 0 Å². The highest BCUT2D eigenvalue weighted by molar-refractivity contribution is 6.32. The average molecular weight is 657 g/mol. The van der Waals surface area contributed by atoms with Gasteiger partial charge in [0.2, 0.25) is 5.78 Å². The fraction of sp³-hybridized carbons (Fsp3) is 0.250. The van der Waals surface area contributed by atoms with Crippen molar-refractivity contribution >= 4 is 41.4 Å². The Morgan fingerprint density at radius 3 is 1.39 bits per heavy atom. The summed E-state index contributed by atoms with van der Waals surface area (Å²) in [6.07, 6.45) is 2.29. The molecule has 0 aliphatic carbocycles. The maximum absolute atomic E-state index is 12.6. The van der Waals surface area contributed by atoms with E-state index in [1.165, 1.54) is 19.2 Å². The Morgan fingerprint density at radius 2 is 1.09 bits per heavy atom. The summed E-state index contributed by atoms with van der Waals surface area (Å²) in [7, 11) is 4.41. The number of rotatable bonds is 9. The summed E-state index contributed by atoms with van der Waals surface area (Å²) in [6.45, 7) is 18.2. The van der Waals surface area contributed by atoms with Crippen molar-refractivity contribution in [2.24, 2.45) is 0 Å². The van der Waals surface area contributed by atoms with Gasteiger partial charge >= 0.3 is 11.9 Å². The van der Waals surface area contributed by atoms with E-state index in [0.29, 0.717) is 28.2 Å². The van der Waals surface area contributed by atoms with E-state index in [2.05, 4.69) is 17.9 Å². The Balaban J connectivity index is -0.000000853. The van der Waals surface area contributed by atoms with Gasteiger partial charge in [-0.05, 0) is 72.8 Å². The summed E-state index contributed by atoms with van der Waals surface area (Å²) in [5.41, 5.74) is 1.24. The first-order valence-electron chi connectivity index (χ1n) is 14.3. The van der Waals surface area contributed by atoms with Gasteiger partial charge in [0.1, 0.15) is 17.2 Å². The number of halogens is 1. The van der Waals surface area contributed by atoms with Crippen LogP contribution in [0.5, 0.6) is 17.2 Å². The number of esters is 2. The highest BCUT2D eigenvalue weighted by Crippen LogP contribution is 2.28. The SMILES string of the molecule is C=CC(=O)C=O.C=CC(=O)OC.CC.CC.CC.COc1ccc(C(=O)Oc2ccc(C(=O)c3ccc(OC)cc3)cc2Cl)cc1. The molecule has 9 nitrogen and oxygen atoms in total. The van der Waals surface area contributed by atoms with Crippen molar-refractivity contribution in [3.05, 3.63) is 114 Å². The number of benzene rings is 3. The number of carbonyl (C=O) groups is 5. The lowest BCUT2D eigenvalue weighted by molar-refractivity contribution is -0.134. The highest BCUT2D eigenvalue weighted by Gasteiger charge is 2.15. The minimum absolute atomic E-state index is 0.168. The van der Waals surface area contributed by atoms with Gasteiger partial charge in [-0.25, -0.2) is 9.59 Å². The van der Waals surface area contributed by atoms with Gasteiger partial charge in [-0.15, -0.1) is 0 Å². The van der Waals surface area contributed by atoms with Crippen molar-refractivity contribution in [2.75, 3.05) is 21.3 Å². The lowest BCUT2D eigenvalue weighted by Crippen LogP contribution is -2.09. The molecule has 10 heteroatoms. The predicted octanol–water partition coefficient (Wildman–Crippen LogP) is 8.17. The topological polar surface area (TPSA) is 122 Å². The molecule has 0 N–H and O–H groups in total. The standard InChI is InChI=1S/C22H17ClO5.C4H6O2.C4H4O2.3C2H6/c1-26-17-8-3-14(4-9-17)21(24)16-7-12-20(19(23)13-16)28-22(25)15-5-10-18(27-2)11-6-15;1-3-4(5)6-2;1-2-4(6)3-5;3*1-2/h3-13H,1-2H3;3H,1H2,2H3;2-3H,1H2;3*1-2H3. The van der Waals surface area contributed by atoms with Crippen molar-refractivity contribution < 1.29 is 42.9 Å². The third kappa shape index (κ3) is 17.9. The molecule has 3 aromatic carbocycles. The molecule has 0 unspecified atom stereocenters. The molecular formula is C36H45ClO9. The van der Waals surface area contributed by atoms with E-state index in [1.54, 1.807) is 68.8 Å². The number of aldehydes is 1. The number of carbonyl (C=O) groups excluding carboxylic acids is 5. The third-order valence-electron chi connectivity index (χ3n) is 4.76. The second kappa shape index (κ2) is 28.7. The van der Waals surface area contributed by atoms with E-state index in [9.17, 15) is 24.0 Å². The highest BCUT2D eigenvalue weighted by atomic mass is 35.5. The zero-order valence-electron chi connectivity index (χ0n) is 28.0. The maximum atomic E-state index is 12.6. The van der Waals surface area contributed by atoms with E-state index in [0.717, 1.165) is 12.2 Å². The third-order valence-corrected chi connectivity index (χ3v) is 5.06. The number of hydrogen-bond donors (Lipinski definition) is 0. The first kappa shape index (κ1) is 45.4.